The molecule has 13 heavy (non-hydrogen) atoms. The molecule has 0 aliphatic rings. The lowest BCUT2D eigenvalue weighted by atomic mass is 10.5. The Morgan fingerprint density at radius 3 is 2.77 bits per heavy atom. The molecular weight excluding hydrogens is 231 g/mol. The molecule has 2 heterocycles. The molecule has 0 saturated carbocycles. The van der Waals surface area contributed by atoms with Gasteiger partial charge in [0.25, 0.3) is 0 Å². The summed E-state index contributed by atoms with van der Waals surface area (Å²) in [7, 11) is 0. The van der Waals surface area contributed by atoms with E-state index in [0.717, 1.165) is 5.01 Å². The minimum atomic E-state index is 0.345. The van der Waals surface area contributed by atoms with Crippen molar-refractivity contribution in [3.05, 3.63) is 22.4 Å². The highest BCUT2D eigenvalue weighted by Gasteiger charge is 2.09. The Balaban J connectivity index is 2.35. The molecule has 0 N–H and O–H groups in total. The molecule has 0 radical (unpaired) electrons. The van der Waals surface area contributed by atoms with Gasteiger partial charge in [0.2, 0.25) is 0 Å². The maximum atomic E-state index is 5.61. The Morgan fingerprint density at radius 1 is 1.38 bits per heavy atom. The van der Waals surface area contributed by atoms with Crippen LogP contribution >= 0.6 is 34.5 Å². The summed E-state index contributed by atoms with van der Waals surface area (Å²) in [6.07, 6.45) is 0. The first kappa shape index (κ1) is 8.99. The van der Waals surface area contributed by atoms with Gasteiger partial charge in [0.1, 0.15) is 5.01 Å². The fourth-order valence-electron chi connectivity index (χ4n) is 0.836. The minimum absolute atomic E-state index is 0.345. The zero-order valence-corrected chi connectivity index (χ0v) is 8.66. The van der Waals surface area contributed by atoms with Gasteiger partial charge in [-0.25, -0.2) is 0 Å². The van der Waals surface area contributed by atoms with Crippen molar-refractivity contribution in [2.75, 3.05) is 0 Å². The van der Waals surface area contributed by atoms with Crippen LogP contribution < -0.4 is 0 Å². The van der Waals surface area contributed by atoms with E-state index in [9.17, 15) is 0 Å². The van der Waals surface area contributed by atoms with Crippen molar-refractivity contribution in [3.63, 3.8) is 0 Å². The molecule has 2 aromatic heterocycles. The number of furan rings is 1. The smallest absolute Gasteiger partial charge is 0.194 e. The van der Waals surface area contributed by atoms with E-state index < -0.39 is 0 Å². The molecule has 68 valence electrons. The van der Waals surface area contributed by atoms with Gasteiger partial charge < -0.3 is 4.42 Å². The average Bonchev–Trinajstić information content (AvgIpc) is 2.71. The topological polar surface area (TPSA) is 38.9 Å². The molecule has 6 heteroatoms. The van der Waals surface area contributed by atoms with E-state index in [1.165, 1.54) is 11.3 Å². The van der Waals surface area contributed by atoms with Crippen LogP contribution in [0.3, 0.4) is 0 Å². The summed E-state index contributed by atoms with van der Waals surface area (Å²) in [6.45, 7) is 0. The van der Waals surface area contributed by atoms with E-state index in [-0.39, 0.29) is 0 Å². The minimum Gasteiger partial charge on any atom is -0.442 e. The zero-order chi connectivity index (χ0) is 9.26. The summed E-state index contributed by atoms with van der Waals surface area (Å²) in [5, 5.41) is 9.57. The highest BCUT2D eigenvalue weighted by atomic mass is 35.5. The van der Waals surface area contributed by atoms with Crippen LogP contribution in [0.1, 0.15) is 5.01 Å². The first-order valence-electron chi connectivity index (χ1n) is 3.43. The lowest BCUT2D eigenvalue weighted by Crippen LogP contribution is -1.74. The summed E-state index contributed by atoms with van der Waals surface area (Å²) in [4.78, 5) is 0. The van der Waals surface area contributed by atoms with Gasteiger partial charge in [0.15, 0.2) is 16.0 Å². The Labute approximate surface area is 88.3 Å². The summed E-state index contributed by atoms with van der Waals surface area (Å²) in [5.74, 6) is 0.991. The first-order chi connectivity index (χ1) is 6.29. The van der Waals surface area contributed by atoms with Crippen LogP contribution in [0, 0.1) is 0 Å². The molecule has 0 amide bonds. The lowest BCUT2D eigenvalue weighted by Gasteiger charge is -1.84. The largest absolute Gasteiger partial charge is 0.442 e. The Bertz CT molecular complexity index is 412. The van der Waals surface area contributed by atoms with Crippen molar-refractivity contribution in [2.24, 2.45) is 0 Å². The van der Waals surface area contributed by atoms with E-state index in [4.69, 9.17) is 27.6 Å². The number of aromatic nitrogens is 2. The third-order valence-corrected chi connectivity index (χ3v) is 2.92. The van der Waals surface area contributed by atoms with Crippen LogP contribution in [0.4, 0.5) is 0 Å². The van der Waals surface area contributed by atoms with Gasteiger partial charge in [0.05, 0.1) is 5.88 Å². The molecule has 0 atom stereocenters. The van der Waals surface area contributed by atoms with Crippen LogP contribution in [-0.2, 0) is 5.88 Å². The Kier molecular flexibility index (Phi) is 2.53. The second-order valence-corrected chi connectivity index (χ2v) is 3.94. The van der Waals surface area contributed by atoms with Gasteiger partial charge in [-0.2, -0.15) is 0 Å². The van der Waals surface area contributed by atoms with Crippen molar-refractivity contribution in [1.82, 2.24) is 10.2 Å². The van der Waals surface area contributed by atoms with Crippen LogP contribution in [0.5, 0.6) is 0 Å². The zero-order valence-electron chi connectivity index (χ0n) is 6.33. The molecule has 0 bridgehead atoms. The van der Waals surface area contributed by atoms with Crippen LogP contribution in [0.25, 0.3) is 10.8 Å². The summed E-state index contributed by atoms with van der Waals surface area (Å²) in [5.41, 5.74) is 0. The molecule has 0 aromatic carbocycles. The SMILES string of the molecule is ClCc1nnc(-c2ccc(Cl)o2)s1. The Morgan fingerprint density at radius 2 is 2.23 bits per heavy atom. The van der Waals surface area contributed by atoms with Gasteiger partial charge in [-0.05, 0) is 23.7 Å². The highest BCUT2D eigenvalue weighted by Crippen LogP contribution is 2.27. The van der Waals surface area contributed by atoms with Gasteiger partial charge in [-0.1, -0.05) is 11.3 Å². The van der Waals surface area contributed by atoms with Crippen LogP contribution in [-0.4, -0.2) is 10.2 Å². The number of rotatable bonds is 2. The number of alkyl halides is 1. The van der Waals surface area contributed by atoms with Crippen molar-refractivity contribution in [2.45, 2.75) is 5.88 Å². The average molecular weight is 235 g/mol. The second-order valence-electron chi connectivity index (χ2n) is 2.24. The van der Waals surface area contributed by atoms with E-state index in [0.29, 0.717) is 21.9 Å². The molecule has 3 nitrogen and oxygen atoms in total. The quantitative estimate of drug-likeness (QED) is 0.750. The molecule has 0 fully saturated rings. The van der Waals surface area contributed by atoms with Crippen LogP contribution in [0.2, 0.25) is 5.22 Å². The number of halogens is 2. The van der Waals surface area contributed by atoms with E-state index in [1.807, 2.05) is 0 Å². The maximum absolute atomic E-state index is 5.61. The third kappa shape index (κ3) is 1.85. The molecule has 0 saturated heterocycles. The van der Waals surface area contributed by atoms with Crippen molar-refractivity contribution >= 4 is 34.5 Å². The first-order valence-corrected chi connectivity index (χ1v) is 5.16. The van der Waals surface area contributed by atoms with Crippen molar-refractivity contribution in [1.29, 1.82) is 0 Å². The molecule has 2 rings (SSSR count). The van der Waals surface area contributed by atoms with Gasteiger partial charge in [0, 0.05) is 0 Å². The third-order valence-electron chi connectivity index (χ3n) is 1.37. The molecule has 0 aliphatic heterocycles. The predicted molar refractivity (Wildman–Crippen MR) is 52.2 cm³/mol. The standard InChI is InChI=1S/C7H4Cl2N2OS/c8-3-6-10-11-7(13-6)4-1-2-5(9)12-4/h1-2H,3H2. The second kappa shape index (κ2) is 3.65. The van der Waals surface area contributed by atoms with Gasteiger partial charge in [-0.15, -0.1) is 21.8 Å². The number of hydrogen-bond acceptors (Lipinski definition) is 4. The maximum Gasteiger partial charge on any atom is 0.194 e. The van der Waals surface area contributed by atoms with E-state index in [1.54, 1.807) is 12.1 Å². The van der Waals surface area contributed by atoms with Crippen molar-refractivity contribution in [3.8, 4) is 10.8 Å². The molecule has 0 unspecified atom stereocenters. The fraction of sp³-hybridized carbons (Fsp3) is 0.143. The van der Waals surface area contributed by atoms with E-state index >= 15 is 0 Å². The highest BCUT2D eigenvalue weighted by molar-refractivity contribution is 7.14. The fourth-order valence-corrected chi connectivity index (χ4v) is 1.85. The monoisotopic (exact) mass is 234 g/mol. The molecular formula is C7H4Cl2N2OS. The molecule has 0 spiro atoms. The summed E-state index contributed by atoms with van der Waals surface area (Å²) in [6, 6.07) is 3.42. The van der Waals surface area contributed by atoms with Gasteiger partial charge in [-0.3, -0.25) is 0 Å². The Hall–Kier alpha value is -0.580. The molecule has 0 aliphatic carbocycles. The normalized spacial score (nSPS) is 10.6. The number of nitrogens with zero attached hydrogens (tertiary/aromatic N) is 2. The summed E-state index contributed by atoms with van der Waals surface area (Å²) < 4.78 is 5.16. The number of hydrogen-bond donors (Lipinski definition) is 0. The summed E-state index contributed by atoms with van der Waals surface area (Å²) >= 11 is 12.6. The molecule has 2 aromatic rings. The lowest BCUT2D eigenvalue weighted by molar-refractivity contribution is 0.583. The van der Waals surface area contributed by atoms with E-state index in [2.05, 4.69) is 10.2 Å². The van der Waals surface area contributed by atoms with Gasteiger partial charge >= 0.3 is 0 Å². The van der Waals surface area contributed by atoms with Crippen LogP contribution in [0.15, 0.2) is 16.5 Å². The predicted octanol–water partition coefficient (Wildman–Crippen LogP) is 3.19. The van der Waals surface area contributed by atoms with Crippen molar-refractivity contribution < 1.29 is 4.42 Å².